The van der Waals surface area contributed by atoms with Crippen LogP contribution >= 0.6 is 0 Å². The van der Waals surface area contributed by atoms with Gasteiger partial charge in [-0.25, -0.2) is 0 Å². The quantitative estimate of drug-likeness (QED) is 0.763. The molecule has 1 aromatic heterocycles. The number of carbonyl (C=O) groups is 2. The van der Waals surface area contributed by atoms with Crippen LogP contribution in [0.1, 0.15) is 39.0 Å². The van der Waals surface area contributed by atoms with E-state index in [1.165, 1.54) is 0 Å². The van der Waals surface area contributed by atoms with Crippen molar-refractivity contribution in [2.45, 2.75) is 57.2 Å². The Bertz CT molecular complexity index is 895. The number of nitrogens with one attached hydrogen (secondary N) is 2. The molecular formula is C23H30N4O3. The van der Waals surface area contributed by atoms with Crippen LogP contribution in [0.5, 0.6) is 5.75 Å². The molecule has 7 heteroatoms. The zero-order chi connectivity index (χ0) is 20.9. The van der Waals surface area contributed by atoms with Gasteiger partial charge in [0.15, 0.2) is 0 Å². The first-order chi connectivity index (χ1) is 14.6. The molecule has 7 nitrogen and oxygen atoms in total. The molecule has 2 heterocycles. The maximum absolute atomic E-state index is 12.5. The predicted molar refractivity (Wildman–Crippen MR) is 115 cm³/mol. The number of likely N-dealkylation sites (N-methyl/N-ethyl adjacent to an activating group) is 1. The number of amides is 2. The zero-order valence-corrected chi connectivity index (χ0v) is 17.5. The first-order valence-corrected chi connectivity index (χ1v) is 10.9. The molecule has 0 bridgehead atoms. The first kappa shape index (κ1) is 20.6. The number of fused-ring (bicyclic) bond motifs is 1. The van der Waals surface area contributed by atoms with Gasteiger partial charge in [-0.1, -0.05) is 13.0 Å². The summed E-state index contributed by atoms with van der Waals surface area (Å²) in [6.45, 7) is 4.26. The van der Waals surface area contributed by atoms with Gasteiger partial charge in [0.2, 0.25) is 11.8 Å². The molecule has 1 saturated carbocycles. The highest BCUT2D eigenvalue weighted by molar-refractivity contribution is 5.89. The summed E-state index contributed by atoms with van der Waals surface area (Å²) in [5.41, 5.74) is 0.963. The van der Waals surface area contributed by atoms with Crippen LogP contribution in [0.4, 0.5) is 0 Å². The molecule has 2 amide bonds. The summed E-state index contributed by atoms with van der Waals surface area (Å²) < 4.78 is 6.18. The minimum absolute atomic E-state index is 0.0399. The highest BCUT2D eigenvalue weighted by Crippen LogP contribution is 2.26. The lowest BCUT2D eigenvalue weighted by Crippen LogP contribution is -2.56. The number of hydrogen-bond acceptors (Lipinski definition) is 5. The third-order valence-corrected chi connectivity index (χ3v) is 6.14. The van der Waals surface area contributed by atoms with E-state index in [2.05, 4.69) is 20.5 Å². The third-order valence-electron chi connectivity index (χ3n) is 6.14. The Morgan fingerprint density at radius 2 is 2.10 bits per heavy atom. The highest BCUT2D eigenvalue weighted by atomic mass is 16.5. The van der Waals surface area contributed by atoms with E-state index in [-0.39, 0.29) is 36.4 Å². The van der Waals surface area contributed by atoms with E-state index >= 15 is 0 Å². The summed E-state index contributed by atoms with van der Waals surface area (Å²) in [5.74, 6) is 0.786. The minimum Gasteiger partial charge on any atom is -0.490 e. The molecule has 0 radical (unpaired) electrons. The van der Waals surface area contributed by atoms with Crippen molar-refractivity contribution in [2.75, 3.05) is 19.6 Å². The smallest absolute Gasteiger partial charge is 0.237 e. The van der Waals surface area contributed by atoms with Gasteiger partial charge in [-0.3, -0.25) is 19.5 Å². The Morgan fingerprint density at radius 3 is 2.90 bits per heavy atom. The lowest BCUT2D eigenvalue weighted by atomic mass is 9.92. The Hall–Kier alpha value is -2.67. The molecular weight excluding hydrogens is 380 g/mol. The molecule has 2 fully saturated rings. The van der Waals surface area contributed by atoms with Crippen LogP contribution in [0.25, 0.3) is 10.9 Å². The van der Waals surface area contributed by atoms with Crippen LogP contribution in [0.2, 0.25) is 0 Å². The van der Waals surface area contributed by atoms with Crippen molar-refractivity contribution in [3.8, 4) is 5.75 Å². The Morgan fingerprint density at radius 1 is 1.27 bits per heavy atom. The number of carbonyl (C=O) groups excluding carboxylic acids is 2. The van der Waals surface area contributed by atoms with Crippen LogP contribution in [0, 0.1) is 0 Å². The average Bonchev–Trinajstić information content (AvgIpc) is 2.76. The average molecular weight is 411 g/mol. The second kappa shape index (κ2) is 9.43. The summed E-state index contributed by atoms with van der Waals surface area (Å²) in [6.07, 6.45) is 5.76. The van der Waals surface area contributed by atoms with Gasteiger partial charge in [0.25, 0.3) is 0 Å². The minimum atomic E-state index is -0.356. The summed E-state index contributed by atoms with van der Waals surface area (Å²) in [5, 5.41) is 7.07. The first-order valence-electron chi connectivity index (χ1n) is 10.9. The molecule has 1 unspecified atom stereocenters. The van der Waals surface area contributed by atoms with E-state index in [0.29, 0.717) is 6.54 Å². The van der Waals surface area contributed by atoms with Crippen molar-refractivity contribution in [3.05, 3.63) is 36.5 Å². The molecule has 2 aliphatic rings. The predicted octanol–water partition coefficient (Wildman–Crippen LogP) is 2.25. The zero-order valence-electron chi connectivity index (χ0n) is 17.5. The van der Waals surface area contributed by atoms with E-state index in [9.17, 15) is 9.59 Å². The fourth-order valence-electron chi connectivity index (χ4n) is 4.47. The van der Waals surface area contributed by atoms with Crippen molar-refractivity contribution in [3.63, 3.8) is 0 Å². The van der Waals surface area contributed by atoms with Gasteiger partial charge in [0.1, 0.15) is 5.75 Å². The number of ether oxygens (including phenoxy) is 1. The number of aromatic nitrogens is 1. The number of hydrogen-bond donors (Lipinski definition) is 2. The molecule has 1 aliphatic carbocycles. The molecule has 2 N–H and O–H groups in total. The largest absolute Gasteiger partial charge is 0.490 e. The van der Waals surface area contributed by atoms with Crippen LogP contribution in [0.15, 0.2) is 36.5 Å². The monoisotopic (exact) mass is 410 g/mol. The van der Waals surface area contributed by atoms with E-state index in [0.717, 1.165) is 55.4 Å². The number of piperazine rings is 1. The van der Waals surface area contributed by atoms with E-state index in [4.69, 9.17) is 4.74 Å². The van der Waals surface area contributed by atoms with Gasteiger partial charge in [0, 0.05) is 30.7 Å². The van der Waals surface area contributed by atoms with E-state index in [1.54, 1.807) is 6.20 Å². The Kier molecular flexibility index (Phi) is 6.47. The van der Waals surface area contributed by atoms with Crippen molar-refractivity contribution in [2.24, 2.45) is 0 Å². The second-order valence-electron chi connectivity index (χ2n) is 8.16. The maximum atomic E-state index is 12.5. The lowest BCUT2D eigenvalue weighted by Gasteiger charge is -2.34. The third kappa shape index (κ3) is 4.90. The maximum Gasteiger partial charge on any atom is 0.237 e. The Labute approximate surface area is 177 Å². The highest BCUT2D eigenvalue weighted by Gasteiger charge is 2.31. The topological polar surface area (TPSA) is 83.6 Å². The van der Waals surface area contributed by atoms with Gasteiger partial charge in [-0.05, 0) is 56.5 Å². The summed E-state index contributed by atoms with van der Waals surface area (Å²) >= 11 is 0. The van der Waals surface area contributed by atoms with Gasteiger partial charge in [0.05, 0.1) is 24.1 Å². The fraction of sp³-hybridized carbons (Fsp3) is 0.522. The van der Waals surface area contributed by atoms with Crippen molar-refractivity contribution in [1.82, 2.24) is 20.5 Å². The summed E-state index contributed by atoms with van der Waals surface area (Å²) in [4.78, 5) is 31.1. The van der Waals surface area contributed by atoms with Crippen LogP contribution < -0.4 is 15.4 Å². The van der Waals surface area contributed by atoms with Gasteiger partial charge in [-0.15, -0.1) is 0 Å². The molecule has 0 spiro atoms. The Balaban J connectivity index is 1.25. The molecule has 160 valence electrons. The number of rotatable bonds is 6. The number of nitrogens with zero attached hydrogens (tertiary/aromatic N) is 2. The standard InChI is InChI=1S/C23H30N4O3/c1-2-27-13-12-25-23(29)21(27)15-22(28)26-17-5-7-18(8-6-17)30-19-9-10-20-16(14-19)4-3-11-24-20/h3-4,9-11,14,17-18,21H,2,5-8,12-13,15H2,1H3,(H,25,29)(H,26,28). The summed E-state index contributed by atoms with van der Waals surface area (Å²) in [7, 11) is 0. The number of pyridine rings is 1. The van der Waals surface area contributed by atoms with Crippen molar-refractivity contribution in [1.29, 1.82) is 0 Å². The molecule has 4 rings (SSSR count). The second-order valence-corrected chi connectivity index (χ2v) is 8.16. The normalized spacial score (nSPS) is 25.0. The van der Waals surface area contributed by atoms with Gasteiger partial charge >= 0.3 is 0 Å². The number of benzene rings is 1. The molecule has 1 atom stereocenters. The van der Waals surface area contributed by atoms with Gasteiger partial charge < -0.3 is 15.4 Å². The SMILES string of the molecule is CCN1CCNC(=O)C1CC(=O)NC1CCC(Oc2ccc3ncccc3c2)CC1. The van der Waals surface area contributed by atoms with Crippen molar-refractivity contribution < 1.29 is 14.3 Å². The molecule has 1 aliphatic heterocycles. The van der Waals surface area contributed by atoms with E-state index in [1.807, 2.05) is 37.3 Å². The lowest BCUT2D eigenvalue weighted by molar-refractivity contribution is -0.134. The van der Waals surface area contributed by atoms with Crippen LogP contribution in [-0.4, -0.2) is 59.5 Å². The molecule has 2 aromatic rings. The van der Waals surface area contributed by atoms with Crippen molar-refractivity contribution >= 4 is 22.7 Å². The molecule has 1 saturated heterocycles. The summed E-state index contributed by atoms with van der Waals surface area (Å²) in [6, 6.07) is 9.75. The van der Waals surface area contributed by atoms with E-state index < -0.39 is 0 Å². The van der Waals surface area contributed by atoms with Crippen LogP contribution in [-0.2, 0) is 9.59 Å². The molecule has 1 aromatic carbocycles. The fourth-order valence-corrected chi connectivity index (χ4v) is 4.47. The van der Waals surface area contributed by atoms with Gasteiger partial charge in [-0.2, -0.15) is 0 Å². The van der Waals surface area contributed by atoms with Crippen LogP contribution in [0.3, 0.4) is 0 Å². The molecule has 30 heavy (non-hydrogen) atoms.